The molecule has 0 saturated heterocycles. The van der Waals surface area contributed by atoms with Crippen LogP contribution >= 0.6 is 11.8 Å². The Bertz CT molecular complexity index is 310. The van der Waals surface area contributed by atoms with E-state index >= 15 is 0 Å². The predicted molar refractivity (Wildman–Crippen MR) is 67.0 cm³/mol. The highest BCUT2D eigenvalue weighted by Crippen LogP contribution is 2.30. The third-order valence-electron chi connectivity index (χ3n) is 2.53. The van der Waals surface area contributed by atoms with Crippen LogP contribution in [0.25, 0.3) is 0 Å². The SMILES string of the molecule is CC(N)c1cccnc1SC(C)C(C)C. The molecule has 0 bridgehead atoms. The first-order chi connectivity index (χ1) is 7.02. The molecular weight excluding hydrogens is 204 g/mol. The van der Waals surface area contributed by atoms with Gasteiger partial charge < -0.3 is 5.73 Å². The number of pyridine rings is 1. The fourth-order valence-electron chi connectivity index (χ4n) is 1.16. The largest absolute Gasteiger partial charge is 0.324 e. The van der Waals surface area contributed by atoms with E-state index in [4.69, 9.17) is 5.73 Å². The summed E-state index contributed by atoms with van der Waals surface area (Å²) in [4.78, 5) is 4.41. The number of nitrogens with two attached hydrogens (primary N) is 1. The molecule has 2 unspecified atom stereocenters. The van der Waals surface area contributed by atoms with E-state index in [-0.39, 0.29) is 6.04 Å². The Balaban J connectivity index is 2.84. The van der Waals surface area contributed by atoms with Crippen molar-refractivity contribution >= 4 is 11.8 Å². The molecule has 0 spiro atoms. The van der Waals surface area contributed by atoms with Crippen molar-refractivity contribution in [3.05, 3.63) is 23.9 Å². The van der Waals surface area contributed by atoms with Crippen LogP contribution in [0.2, 0.25) is 0 Å². The van der Waals surface area contributed by atoms with Crippen molar-refractivity contribution in [1.29, 1.82) is 0 Å². The van der Waals surface area contributed by atoms with Gasteiger partial charge in [-0.05, 0) is 18.9 Å². The number of aromatic nitrogens is 1. The second-order valence-corrected chi connectivity index (χ2v) is 5.62. The van der Waals surface area contributed by atoms with Crippen LogP contribution in [0.15, 0.2) is 23.4 Å². The van der Waals surface area contributed by atoms with Crippen molar-refractivity contribution in [1.82, 2.24) is 4.98 Å². The van der Waals surface area contributed by atoms with Gasteiger partial charge in [-0.1, -0.05) is 26.8 Å². The van der Waals surface area contributed by atoms with Crippen LogP contribution in [-0.4, -0.2) is 10.2 Å². The highest BCUT2D eigenvalue weighted by molar-refractivity contribution is 7.99. The topological polar surface area (TPSA) is 38.9 Å². The van der Waals surface area contributed by atoms with E-state index in [1.807, 2.05) is 30.9 Å². The number of rotatable bonds is 4. The molecule has 0 aliphatic rings. The number of thioether (sulfide) groups is 1. The molecule has 0 amide bonds. The summed E-state index contributed by atoms with van der Waals surface area (Å²) in [7, 11) is 0. The highest BCUT2D eigenvalue weighted by atomic mass is 32.2. The molecule has 1 aromatic heterocycles. The van der Waals surface area contributed by atoms with Crippen LogP contribution in [0.5, 0.6) is 0 Å². The summed E-state index contributed by atoms with van der Waals surface area (Å²) in [5, 5.41) is 1.64. The van der Waals surface area contributed by atoms with Crippen LogP contribution < -0.4 is 5.73 Å². The Labute approximate surface area is 96.7 Å². The van der Waals surface area contributed by atoms with Crippen molar-refractivity contribution in [2.24, 2.45) is 11.7 Å². The average Bonchev–Trinajstić information content (AvgIpc) is 2.18. The lowest BCUT2D eigenvalue weighted by Crippen LogP contribution is -2.10. The quantitative estimate of drug-likeness (QED) is 0.798. The van der Waals surface area contributed by atoms with E-state index in [2.05, 4.69) is 31.8 Å². The third kappa shape index (κ3) is 3.50. The molecule has 2 N–H and O–H groups in total. The van der Waals surface area contributed by atoms with Gasteiger partial charge in [0.1, 0.15) is 5.03 Å². The van der Waals surface area contributed by atoms with Gasteiger partial charge in [-0.2, -0.15) is 0 Å². The van der Waals surface area contributed by atoms with Gasteiger partial charge in [-0.25, -0.2) is 4.98 Å². The maximum Gasteiger partial charge on any atom is 0.101 e. The average molecular weight is 224 g/mol. The smallest absolute Gasteiger partial charge is 0.101 e. The summed E-state index contributed by atoms with van der Waals surface area (Å²) < 4.78 is 0. The molecule has 0 radical (unpaired) electrons. The molecule has 84 valence electrons. The fraction of sp³-hybridized carbons (Fsp3) is 0.583. The minimum Gasteiger partial charge on any atom is -0.324 e. The zero-order chi connectivity index (χ0) is 11.4. The molecule has 0 aliphatic carbocycles. The molecule has 0 aromatic carbocycles. The summed E-state index contributed by atoms with van der Waals surface area (Å²) in [6.45, 7) is 8.69. The molecule has 0 saturated carbocycles. The van der Waals surface area contributed by atoms with Crippen LogP contribution in [0, 0.1) is 5.92 Å². The number of nitrogens with zero attached hydrogens (tertiary/aromatic N) is 1. The molecule has 2 nitrogen and oxygen atoms in total. The maximum atomic E-state index is 5.91. The van der Waals surface area contributed by atoms with E-state index in [0.29, 0.717) is 11.2 Å². The van der Waals surface area contributed by atoms with Crippen molar-refractivity contribution in [3.8, 4) is 0 Å². The maximum absolute atomic E-state index is 5.91. The van der Waals surface area contributed by atoms with Crippen molar-refractivity contribution in [2.45, 2.75) is 44.0 Å². The Morgan fingerprint density at radius 3 is 2.47 bits per heavy atom. The number of hydrogen-bond donors (Lipinski definition) is 1. The molecule has 3 heteroatoms. The lowest BCUT2D eigenvalue weighted by molar-refractivity contribution is 0.640. The van der Waals surface area contributed by atoms with Gasteiger partial charge in [0.15, 0.2) is 0 Å². The van der Waals surface area contributed by atoms with Gasteiger partial charge in [0, 0.05) is 23.1 Å². The minimum absolute atomic E-state index is 0.0561. The van der Waals surface area contributed by atoms with E-state index in [9.17, 15) is 0 Å². The summed E-state index contributed by atoms with van der Waals surface area (Å²) in [6, 6.07) is 4.07. The van der Waals surface area contributed by atoms with Crippen molar-refractivity contribution in [2.75, 3.05) is 0 Å². The summed E-state index contributed by atoms with van der Waals surface area (Å²) in [5.41, 5.74) is 7.06. The van der Waals surface area contributed by atoms with E-state index in [1.54, 1.807) is 0 Å². The molecular formula is C12H20N2S. The van der Waals surface area contributed by atoms with Gasteiger partial charge in [-0.15, -0.1) is 11.8 Å². The monoisotopic (exact) mass is 224 g/mol. The van der Waals surface area contributed by atoms with Crippen LogP contribution in [-0.2, 0) is 0 Å². The third-order valence-corrected chi connectivity index (χ3v) is 4.01. The summed E-state index contributed by atoms with van der Waals surface area (Å²) >= 11 is 1.82. The fourth-order valence-corrected chi connectivity index (χ4v) is 2.30. The molecule has 2 atom stereocenters. The first-order valence-electron chi connectivity index (χ1n) is 5.39. The lowest BCUT2D eigenvalue weighted by atomic mass is 10.1. The standard InChI is InChI=1S/C12H20N2S/c1-8(2)10(4)15-12-11(9(3)13)6-5-7-14-12/h5-10H,13H2,1-4H3. The molecule has 1 rings (SSSR count). The number of hydrogen-bond acceptors (Lipinski definition) is 3. The van der Waals surface area contributed by atoms with E-state index in [1.165, 1.54) is 0 Å². The van der Waals surface area contributed by atoms with Gasteiger partial charge in [0.25, 0.3) is 0 Å². The minimum atomic E-state index is 0.0561. The lowest BCUT2D eigenvalue weighted by Gasteiger charge is -2.17. The Hall–Kier alpha value is -0.540. The van der Waals surface area contributed by atoms with E-state index < -0.39 is 0 Å². The van der Waals surface area contributed by atoms with Crippen LogP contribution in [0.1, 0.15) is 39.3 Å². The molecule has 15 heavy (non-hydrogen) atoms. The van der Waals surface area contributed by atoms with Crippen LogP contribution in [0.4, 0.5) is 0 Å². The Kier molecular flexibility index (Phi) is 4.61. The second kappa shape index (κ2) is 5.52. The normalized spacial score (nSPS) is 15.3. The molecule has 0 aliphatic heterocycles. The first kappa shape index (κ1) is 12.5. The highest BCUT2D eigenvalue weighted by Gasteiger charge is 2.14. The first-order valence-corrected chi connectivity index (χ1v) is 6.27. The zero-order valence-corrected chi connectivity index (χ0v) is 10.7. The van der Waals surface area contributed by atoms with Gasteiger partial charge in [-0.3, -0.25) is 0 Å². The van der Waals surface area contributed by atoms with Crippen molar-refractivity contribution in [3.63, 3.8) is 0 Å². The predicted octanol–water partition coefficient (Wildman–Crippen LogP) is 3.24. The summed E-state index contributed by atoms with van der Waals surface area (Å²) in [6.07, 6.45) is 1.83. The molecule has 1 aromatic rings. The van der Waals surface area contributed by atoms with Gasteiger partial charge >= 0.3 is 0 Å². The second-order valence-electron chi connectivity index (χ2n) is 4.25. The van der Waals surface area contributed by atoms with Crippen molar-refractivity contribution < 1.29 is 0 Å². The van der Waals surface area contributed by atoms with Crippen LogP contribution in [0.3, 0.4) is 0 Å². The van der Waals surface area contributed by atoms with Gasteiger partial charge in [0.2, 0.25) is 0 Å². The molecule has 0 fully saturated rings. The molecule has 1 heterocycles. The van der Waals surface area contributed by atoms with E-state index in [0.717, 1.165) is 10.6 Å². The zero-order valence-electron chi connectivity index (χ0n) is 9.90. The van der Waals surface area contributed by atoms with Gasteiger partial charge in [0.05, 0.1) is 0 Å². The summed E-state index contributed by atoms with van der Waals surface area (Å²) in [5.74, 6) is 0.651. The Morgan fingerprint density at radius 1 is 1.27 bits per heavy atom. The Morgan fingerprint density at radius 2 is 1.93 bits per heavy atom.